The molecule has 2 aromatic heterocycles. The number of aromatic nitrogens is 2. The molecule has 0 aliphatic carbocycles. The number of rotatable bonds is 4. The van der Waals surface area contributed by atoms with Gasteiger partial charge in [-0.25, -0.2) is 14.4 Å². The van der Waals surface area contributed by atoms with Crippen molar-refractivity contribution in [1.29, 1.82) is 0 Å². The molecule has 5 nitrogen and oxygen atoms in total. The highest BCUT2D eigenvalue weighted by atomic mass is 19.1. The summed E-state index contributed by atoms with van der Waals surface area (Å²) in [6, 6.07) is 17.7. The number of pyridine rings is 1. The predicted molar refractivity (Wildman–Crippen MR) is 115 cm³/mol. The van der Waals surface area contributed by atoms with Gasteiger partial charge in [-0.2, -0.15) is 0 Å². The average Bonchev–Trinajstić information content (AvgIpc) is 3.26. The minimum atomic E-state index is -0.274. The quantitative estimate of drug-likeness (QED) is 0.453. The lowest BCUT2D eigenvalue weighted by molar-refractivity contribution is 0.0564. The normalized spacial score (nSPS) is 16.5. The van der Waals surface area contributed by atoms with Gasteiger partial charge >= 0.3 is 0 Å². The second kappa shape index (κ2) is 8.30. The van der Waals surface area contributed by atoms with Crippen LogP contribution in [0.4, 0.5) is 4.39 Å². The van der Waals surface area contributed by atoms with Crippen LogP contribution < -0.4 is 0 Å². The molecule has 1 fully saturated rings. The van der Waals surface area contributed by atoms with Crippen LogP contribution in [0.5, 0.6) is 0 Å². The van der Waals surface area contributed by atoms with Gasteiger partial charge in [0.1, 0.15) is 23.3 Å². The highest BCUT2D eigenvalue weighted by Gasteiger charge is 2.32. The fourth-order valence-corrected chi connectivity index (χ4v) is 4.17. The van der Waals surface area contributed by atoms with Crippen molar-refractivity contribution < 1.29 is 13.6 Å². The molecule has 31 heavy (non-hydrogen) atoms. The molecule has 1 atom stereocenters. The number of hydrogen-bond donors (Lipinski definition) is 0. The lowest BCUT2D eigenvalue weighted by Gasteiger charge is -2.33. The van der Waals surface area contributed by atoms with Crippen molar-refractivity contribution in [2.24, 2.45) is 0 Å². The van der Waals surface area contributed by atoms with Crippen LogP contribution in [0.25, 0.3) is 10.9 Å². The van der Waals surface area contributed by atoms with Gasteiger partial charge in [0.05, 0.1) is 11.7 Å². The maximum absolute atomic E-state index is 13.5. The van der Waals surface area contributed by atoms with Crippen LogP contribution >= 0.6 is 0 Å². The zero-order valence-electron chi connectivity index (χ0n) is 17.0. The van der Waals surface area contributed by atoms with Gasteiger partial charge in [-0.05, 0) is 49.1 Å². The number of nitrogens with zero attached hydrogens (tertiary/aromatic N) is 3. The Kier molecular flexibility index (Phi) is 5.20. The van der Waals surface area contributed by atoms with Crippen LogP contribution in [0.1, 0.15) is 53.0 Å². The second-order valence-electron chi connectivity index (χ2n) is 7.87. The average molecular weight is 415 g/mol. The molecule has 1 aliphatic rings. The Morgan fingerprint density at radius 1 is 1.10 bits per heavy atom. The lowest BCUT2D eigenvalue weighted by Crippen LogP contribution is -2.39. The second-order valence-corrected chi connectivity index (χ2v) is 7.87. The summed E-state index contributed by atoms with van der Waals surface area (Å²) >= 11 is 0. The fraction of sp³-hybridized carbons (Fsp3) is 0.240. The third-order valence-electron chi connectivity index (χ3n) is 5.71. The standard InChI is InChI=1S/C25H22FN3O2/c26-19-8-5-6-17(14-19)15-20-16-27-24(31-20)23-10-3-4-13-29(23)25(30)22-12-11-18-7-1-2-9-21(18)28-22/h1-2,5-9,11-12,14,16,23H,3-4,10,13,15H2/t23-/m1/s1. The minimum Gasteiger partial charge on any atom is -0.443 e. The molecule has 0 bridgehead atoms. The summed E-state index contributed by atoms with van der Waals surface area (Å²) in [7, 11) is 0. The Hall–Kier alpha value is -3.54. The van der Waals surface area contributed by atoms with Gasteiger partial charge in [0.25, 0.3) is 5.91 Å². The Bertz CT molecular complexity index is 1240. The van der Waals surface area contributed by atoms with Crippen molar-refractivity contribution in [1.82, 2.24) is 14.9 Å². The van der Waals surface area contributed by atoms with Crippen LogP contribution in [0.15, 0.2) is 71.3 Å². The van der Waals surface area contributed by atoms with E-state index in [1.807, 2.05) is 41.3 Å². The monoisotopic (exact) mass is 415 g/mol. The van der Waals surface area contributed by atoms with E-state index in [0.717, 1.165) is 35.7 Å². The number of carbonyl (C=O) groups excluding carboxylic acids is 1. The minimum absolute atomic E-state index is 0.111. The first-order valence-electron chi connectivity index (χ1n) is 10.5. The van der Waals surface area contributed by atoms with Crippen molar-refractivity contribution >= 4 is 16.8 Å². The van der Waals surface area contributed by atoms with E-state index in [-0.39, 0.29) is 17.8 Å². The molecular formula is C25H22FN3O2. The van der Waals surface area contributed by atoms with Gasteiger partial charge in [-0.3, -0.25) is 4.79 Å². The van der Waals surface area contributed by atoms with E-state index in [2.05, 4.69) is 9.97 Å². The van der Waals surface area contributed by atoms with E-state index < -0.39 is 0 Å². The molecule has 0 spiro atoms. The number of fused-ring (bicyclic) bond motifs is 1. The number of carbonyl (C=O) groups is 1. The summed E-state index contributed by atoms with van der Waals surface area (Å²) in [4.78, 5) is 24.2. The van der Waals surface area contributed by atoms with Crippen LogP contribution in [0.3, 0.4) is 0 Å². The third kappa shape index (κ3) is 4.06. The Morgan fingerprint density at radius 3 is 2.90 bits per heavy atom. The Morgan fingerprint density at radius 2 is 2.00 bits per heavy atom. The highest BCUT2D eigenvalue weighted by molar-refractivity contribution is 5.95. The van der Waals surface area contributed by atoms with Gasteiger partial charge in [-0.15, -0.1) is 0 Å². The molecule has 3 heterocycles. The summed E-state index contributed by atoms with van der Waals surface area (Å²) in [5, 5.41) is 1.00. The smallest absolute Gasteiger partial charge is 0.273 e. The zero-order chi connectivity index (χ0) is 21.2. The van der Waals surface area contributed by atoms with Crippen LogP contribution in [-0.4, -0.2) is 27.3 Å². The van der Waals surface area contributed by atoms with E-state index >= 15 is 0 Å². The molecular weight excluding hydrogens is 393 g/mol. The number of piperidine rings is 1. The summed E-state index contributed by atoms with van der Waals surface area (Å²) in [6.07, 6.45) is 4.86. The Labute approximate surface area is 179 Å². The summed E-state index contributed by atoms with van der Waals surface area (Å²) in [6.45, 7) is 0.639. The Balaban J connectivity index is 1.39. The molecule has 0 N–H and O–H groups in total. The van der Waals surface area contributed by atoms with Crippen molar-refractivity contribution in [2.45, 2.75) is 31.7 Å². The number of halogens is 1. The first kappa shape index (κ1) is 19.4. The number of likely N-dealkylation sites (tertiary alicyclic amines) is 1. The summed E-state index contributed by atoms with van der Waals surface area (Å²) < 4.78 is 19.5. The summed E-state index contributed by atoms with van der Waals surface area (Å²) in [5.41, 5.74) is 2.05. The van der Waals surface area contributed by atoms with Gasteiger partial charge in [0, 0.05) is 18.4 Å². The van der Waals surface area contributed by atoms with E-state index in [0.29, 0.717) is 30.3 Å². The molecule has 1 amide bonds. The van der Waals surface area contributed by atoms with Crippen molar-refractivity contribution in [3.8, 4) is 0 Å². The maximum Gasteiger partial charge on any atom is 0.273 e. The number of oxazole rings is 1. The molecule has 4 aromatic rings. The first-order chi connectivity index (χ1) is 15.2. The molecule has 2 aromatic carbocycles. The molecule has 0 radical (unpaired) electrons. The zero-order valence-corrected chi connectivity index (χ0v) is 17.0. The number of amides is 1. The molecule has 156 valence electrons. The third-order valence-corrected chi connectivity index (χ3v) is 5.71. The first-order valence-corrected chi connectivity index (χ1v) is 10.5. The maximum atomic E-state index is 13.5. The number of benzene rings is 2. The summed E-state index contributed by atoms with van der Waals surface area (Å²) in [5.74, 6) is 0.798. The number of hydrogen-bond acceptors (Lipinski definition) is 4. The van der Waals surface area contributed by atoms with Gasteiger partial charge < -0.3 is 9.32 Å². The SMILES string of the molecule is O=C(c1ccc2ccccc2n1)N1CCCC[C@@H]1c1ncc(Cc2cccc(F)c2)o1. The van der Waals surface area contributed by atoms with Crippen molar-refractivity contribution in [3.05, 3.63) is 95.6 Å². The molecule has 1 aliphatic heterocycles. The predicted octanol–water partition coefficient (Wildman–Crippen LogP) is 5.32. The molecule has 1 saturated heterocycles. The molecule has 6 heteroatoms. The van der Waals surface area contributed by atoms with Gasteiger partial charge in [0.2, 0.25) is 5.89 Å². The molecule has 0 saturated carbocycles. The number of para-hydroxylation sites is 1. The van der Waals surface area contributed by atoms with Crippen molar-refractivity contribution in [2.75, 3.05) is 6.54 Å². The van der Waals surface area contributed by atoms with Gasteiger partial charge in [0.15, 0.2) is 0 Å². The largest absolute Gasteiger partial charge is 0.443 e. The molecule has 0 unspecified atom stereocenters. The van der Waals surface area contributed by atoms with E-state index in [1.165, 1.54) is 12.1 Å². The van der Waals surface area contributed by atoms with Crippen molar-refractivity contribution in [3.63, 3.8) is 0 Å². The van der Waals surface area contributed by atoms with E-state index in [4.69, 9.17) is 4.42 Å². The topological polar surface area (TPSA) is 59.2 Å². The van der Waals surface area contributed by atoms with Crippen LogP contribution in [0, 0.1) is 5.82 Å². The van der Waals surface area contributed by atoms with E-state index in [1.54, 1.807) is 18.3 Å². The van der Waals surface area contributed by atoms with E-state index in [9.17, 15) is 9.18 Å². The molecule has 5 rings (SSSR count). The highest BCUT2D eigenvalue weighted by Crippen LogP contribution is 2.32. The lowest BCUT2D eigenvalue weighted by atomic mass is 10.0. The van der Waals surface area contributed by atoms with Crippen LogP contribution in [0.2, 0.25) is 0 Å². The fourth-order valence-electron chi connectivity index (χ4n) is 4.17. The van der Waals surface area contributed by atoms with Gasteiger partial charge in [-0.1, -0.05) is 36.4 Å². The van der Waals surface area contributed by atoms with Crippen LogP contribution in [-0.2, 0) is 6.42 Å².